The van der Waals surface area contributed by atoms with Gasteiger partial charge in [0, 0.05) is 23.1 Å². The van der Waals surface area contributed by atoms with Crippen LogP contribution in [0.4, 0.5) is 0 Å². The van der Waals surface area contributed by atoms with Crippen molar-refractivity contribution in [3.63, 3.8) is 0 Å². The molecular weight excluding hydrogens is 352 g/mol. The Morgan fingerprint density at radius 3 is 2.54 bits per heavy atom. The Kier molecular flexibility index (Phi) is 5.11. The Bertz CT molecular complexity index is 1020. The average molecular weight is 372 g/mol. The van der Waals surface area contributed by atoms with Gasteiger partial charge in [-0.2, -0.15) is 0 Å². The van der Waals surface area contributed by atoms with Crippen LogP contribution in [0.1, 0.15) is 17.5 Å². The van der Waals surface area contributed by atoms with Crippen molar-refractivity contribution in [1.29, 1.82) is 0 Å². The van der Waals surface area contributed by atoms with E-state index >= 15 is 0 Å². The molecule has 0 radical (unpaired) electrons. The van der Waals surface area contributed by atoms with Gasteiger partial charge < -0.3 is 10.1 Å². The van der Waals surface area contributed by atoms with Gasteiger partial charge in [-0.3, -0.25) is 4.79 Å². The van der Waals surface area contributed by atoms with E-state index < -0.39 is 22.0 Å². The molecule has 26 heavy (non-hydrogen) atoms. The summed E-state index contributed by atoms with van der Waals surface area (Å²) in [5, 5.41) is 10.1. The maximum absolute atomic E-state index is 12.6. The highest BCUT2D eigenvalue weighted by Crippen LogP contribution is 2.21. The lowest BCUT2D eigenvalue weighted by Crippen LogP contribution is -2.38. The Balaban J connectivity index is 1.86. The molecule has 3 rings (SSSR count). The second-order valence-electron chi connectivity index (χ2n) is 6.29. The Morgan fingerprint density at radius 2 is 1.85 bits per heavy atom. The van der Waals surface area contributed by atoms with Crippen molar-refractivity contribution in [2.24, 2.45) is 0 Å². The third-order valence-electron chi connectivity index (χ3n) is 4.22. The fourth-order valence-electron chi connectivity index (χ4n) is 2.94. The number of carboxylic acid groups (broad SMARTS) is 1. The van der Waals surface area contributed by atoms with Crippen LogP contribution in [-0.2, 0) is 21.2 Å². The number of H-pyrrole nitrogens is 1. The molecular formula is C19H20N2O4S. The lowest BCUT2D eigenvalue weighted by atomic mass is 10.0. The van der Waals surface area contributed by atoms with Crippen molar-refractivity contribution >= 4 is 26.9 Å². The van der Waals surface area contributed by atoms with Gasteiger partial charge in [0.2, 0.25) is 10.0 Å². The molecule has 2 aromatic carbocycles. The molecule has 6 nitrogen and oxygen atoms in total. The number of hydrogen-bond acceptors (Lipinski definition) is 3. The molecule has 0 bridgehead atoms. The van der Waals surface area contributed by atoms with Gasteiger partial charge in [-0.1, -0.05) is 35.9 Å². The lowest BCUT2D eigenvalue weighted by Gasteiger charge is -2.17. The van der Waals surface area contributed by atoms with Crippen LogP contribution in [0.3, 0.4) is 0 Å². The first-order valence-corrected chi connectivity index (χ1v) is 9.69. The average Bonchev–Trinajstić information content (AvgIpc) is 2.97. The van der Waals surface area contributed by atoms with Gasteiger partial charge >= 0.3 is 5.97 Å². The second kappa shape index (κ2) is 7.31. The van der Waals surface area contributed by atoms with Gasteiger partial charge in [0.1, 0.15) is 0 Å². The molecule has 7 heteroatoms. The first kappa shape index (κ1) is 18.2. The molecule has 0 aliphatic carbocycles. The summed E-state index contributed by atoms with van der Waals surface area (Å²) in [6.45, 7) is 1.87. The number of para-hydroxylation sites is 1. The van der Waals surface area contributed by atoms with E-state index in [2.05, 4.69) is 9.71 Å². The van der Waals surface area contributed by atoms with Crippen LogP contribution in [0.2, 0.25) is 0 Å². The van der Waals surface area contributed by atoms with Gasteiger partial charge in [0.05, 0.1) is 11.3 Å². The van der Waals surface area contributed by atoms with Crippen LogP contribution in [0.5, 0.6) is 0 Å². The summed E-state index contributed by atoms with van der Waals surface area (Å²) in [6, 6.07) is 13.3. The van der Waals surface area contributed by atoms with Crippen molar-refractivity contribution in [2.75, 3.05) is 0 Å². The molecule has 136 valence electrons. The Hall–Kier alpha value is -2.64. The van der Waals surface area contributed by atoms with Gasteiger partial charge in [-0.25, -0.2) is 13.1 Å². The molecule has 1 atom stereocenters. The van der Waals surface area contributed by atoms with Gasteiger partial charge in [-0.15, -0.1) is 0 Å². The van der Waals surface area contributed by atoms with E-state index in [1.165, 1.54) is 12.1 Å². The first-order chi connectivity index (χ1) is 12.3. The summed E-state index contributed by atoms with van der Waals surface area (Å²) in [7, 11) is -3.80. The Morgan fingerprint density at radius 1 is 1.15 bits per heavy atom. The molecule has 0 aliphatic heterocycles. The highest BCUT2D eigenvalue weighted by molar-refractivity contribution is 7.89. The molecule has 3 aromatic rings. The largest absolute Gasteiger partial charge is 0.481 e. The van der Waals surface area contributed by atoms with Crippen LogP contribution in [0, 0.1) is 6.92 Å². The molecule has 0 saturated carbocycles. The zero-order chi connectivity index (χ0) is 18.7. The van der Waals surface area contributed by atoms with E-state index in [-0.39, 0.29) is 17.7 Å². The van der Waals surface area contributed by atoms with Crippen LogP contribution < -0.4 is 4.72 Å². The number of fused-ring (bicyclic) bond motifs is 1. The minimum Gasteiger partial charge on any atom is -0.481 e. The summed E-state index contributed by atoms with van der Waals surface area (Å²) in [5.74, 6) is -1.05. The van der Waals surface area contributed by atoms with Crippen LogP contribution in [0.25, 0.3) is 10.9 Å². The van der Waals surface area contributed by atoms with E-state index in [0.29, 0.717) is 0 Å². The fraction of sp³-hybridized carbons (Fsp3) is 0.211. The molecule has 0 aliphatic rings. The van der Waals surface area contributed by atoms with E-state index in [1.54, 1.807) is 18.3 Å². The third kappa shape index (κ3) is 4.12. The summed E-state index contributed by atoms with van der Waals surface area (Å²) in [5.41, 5.74) is 2.75. The molecule has 1 aromatic heterocycles. The smallest absolute Gasteiger partial charge is 0.304 e. The van der Waals surface area contributed by atoms with Crippen molar-refractivity contribution in [1.82, 2.24) is 9.71 Å². The number of hydrogen-bond donors (Lipinski definition) is 3. The quantitative estimate of drug-likeness (QED) is 0.594. The van der Waals surface area contributed by atoms with Crippen molar-refractivity contribution in [3.05, 3.63) is 65.9 Å². The molecule has 1 heterocycles. The zero-order valence-electron chi connectivity index (χ0n) is 14.3. The monoisotopic (exact) mass is 372 g/mol. The maximum Gasteiger partial charge on any atom is 0.304 e. The number of carbonyl (C=O) groups is 1. The van der Waals surface area contributed by atoms with E-state index in [0.717, 1.165) is 22.0 Å². The molecule has 0 spiro atoms. The third-order valence-corrected chi connectivity index (χ3v) is 5.75. The highest BCUT2D eigenvalue weighted by Gasteiger charge is 2.23. The molecule has 0 amide bonds. The summed E-state index contributed by atoms with van der Waals surface area (Å²) in [6.07, 6.45) is 1.77. The van der Waals surface area contributed by atoms with Gasteiger partial charge in [-0.05, 0) is 37.1 Å². The van der Waals surface area contributed by atoms with Crippen LogP contribution >= 0.6 is 0 Å². The predicted molar refractivity (Wildman–Crippen MR) is 99.5 cm³/mol. The topological polar surface area (TPSA) is 99.3 Å². The SMILES string of the molecule is Cc1ccc(S(=O)(=O)NC(CC(=O)O)Cc2c[nH]c3ccccc23)cc1. The van der Waals surface area contributed by atoms with E-state index in [1.807, 2.05) is 31.2 Å². The van der Waals surface area contributed by atoms with Gasteiger partial charge in [0.15, 0.2) is 0 Å². The zero-order valence-corrected chi connectivity index (χ0v) is 15.1. The predicted octanol–water partition coefficient (Wildman–Crippen LogP) is 2.84. The standard InChI is InChI=1S/C19H20N2O4S/c1-13-6-8-16(9-7-13)26(24,25)21-15(11-19(22)23)10-14-12-20-18-5-3-2-4-17(14)18/h2-9,12,15,20-21H,10-11H2,1H3,(H,22,23). The minimum atomic E-state index is -3.80. The van der Waals surface area contributed by atoms with E-state index in [4.69, 9.17) is 0 Å². The molecule has 1 unspecified atom stereocenters. The molecule has 3 N–H and O–H groups in total. The first-order valence-electron chi connectivity index (χ1n) is 8.21. The summed E-state index contributed by atoms with van der Waals surface area (Å²) >= 11 is 0. The van der Waals surface area contributed by atoms with E-state index in [9.17, 15) is 18.3 Å². The molecule has 0 fully saturated rings. The van der Waals surface area contributed by atoms with Crippen molar-refractivity contribution < 1.29 is 18.3 Å². The molecule has 0 saturated heterocycles. The number of aryl methyl sites for hydroxylation is 1. The summed E-state index contributed by atoms with van der Waals surface area (Å²) < 4.78 is 27.8. The minimum absolute atomic E-state index is 0.123. The van der Waals surface area contributed by atoms with Crippen molar-refractivity contribution in [2.45, 2.75) is 30.7 Å². The number of sulfonamides is 1. The number of aromatic nitrogens is 1. The van der Waals surface area contributed by atoms with Gasteiger partial charge in [0.25, 0.3) is 0 Å². The number of aliphatic carboxylic acids is 1. The number of nitrogens with one attached hydrogen (secondary N) is 2. The number of carboxylic acids is 1. The normalized spacial score (nSPS) is 13.0. The van der Waals surface area contributed by atoms with Crippen LogP contribution in [-0.4, -0.2) is 30.5 Å². The Labute approximate surface area is 151 Å². The maximum atomic E-state index is 12.6. The highest BCUT2D eigenvalue weighted by atomic mass is 32.2. The van der Waals surface area contributed by atoms with Crippen LogP contribution in [0.15, 0.2) is 59.6 Å². The second-order valence-corrected chi connectivity index (χ2v) is 8.01. The number of benzene rings is 2. The number of rotatable bonds is 7. The number of aromatic amines is 1. The fourth-order valence-corrected chi connectivity index (χ4v) is 4.17. The lowest BCUT2D eigenvalue weighted by molar-refractivity contribution is -0.137. The van der Waals surface area contributed by atoms with Crippen molar-refractivity contribution in [3.8, 4) is 0 Å². The summed E-state index contributed by atoms with van der Waals surface area (Å²) in [4.78, 5) is 14.5.